The Labute approximate surface area is 119 Å². The molecule has 20 heavy (non-hydrogen) atoms. The second-order valence-electron chi connectivity index (χ2n) is 3.89. The van der Waals surface area contributed by atoms with Crippen molar-refractivity contribution in [3.63, 3.8) is 0 Å². The summed E-state index contributed by atoms with van der Waals surface area (Å²) in [6, 6.07) is 5.19. The van der Waals surface area contributed by atoms with E-state index in [2.05, 4.69) is 15.3 Å². The lowest BCUT2D eigenvalue weighted by atomic mass is 10.1. The molecule has 7 heteroatoms. The number of carbonyl (C=O) groups is 2. The molecule has 2 rings (SSSR count). The van der Waals surface area contributed by atoms with Gasteiger partial charge >= 0.3 is 5.97 Å². The number of hydrogen-bond donors (Lipinski definition) is 2. The van der Waals surface area contributed by atoms with Gasteiger partial charge in [-0.25, -0.2) is 14.8 Å². The average molecular weight is 292 g/mol. The lowest BCUT2D eigenvalue weighted by Crippen LogP contribution is -2.34. The van der Waals surface area contributed by atoms with Crippen LogP contribution >= 0.6 is 11.6 Å². The summed E-state index contributed by atoms with van der Waals surface area (Å²) in [4.78, 5) is 30.7. The molecule has 1 atom stereocenters. The van der Waals surface area contributed by atoms with Crippen LogP contribution in [-0.4, -0.2) is 27.0 Å². The third-order valence-corrected chi connectivity index (χ3v) is 2.91. The Bertz CT molecular complexity index is 634. The van der Waals surface area contributed by atoms with Gasteiger partial charge < -0.3 is 10.4 Å². The zero-order valence-corrected chi connectivity index (χ0v) is 10.9. The zero-order valence-electron chi connectivity index (χ0n) is 10.2. The maximum atomic E-state index is 11.9. The minimum atomic E-state index is -1.24. The molecule has 1 aromatic carbocycles. The molecule has 0 aliphatic carbocycles. The molecule has 2 N–H and O–H groups in total. The van der Waals surface area contributed by atoms with Crippen LogP contribution in [0.3, 0.4) is 0 Å². The van der Waals surface area contributed by atoms with Gasteiger partial charge in [-0.15, -0.1) is 0 Å². The molecule has 0 fully saturated rings. The quantitative estimate of drug-likeness (QED) is 0.894. The molecule has 0 bridgehead atoms. The average Bonchev–Trinajstić information content (AvgIpc) is 2.46. The molecule has 2 aromatic rings. The fraction of sp³-hybridized carbons (Fsp3) is 0.0769. The summed E-state index contributed by atoms with van der Waals surface area (Å²) in [7, 11) is 0. The van der Waals surface area contributed by atoms with E-state index in [4.69, 9.17) is 11.6 Å². The van der Waals surface area contributed by atoms with E-state index in [0.29, 0.717) is 5.56 Å². The second kappa shape index (κ2) is 6.12. The summed E-state index contributed by atoms with van der Waals surface area (Å²) in [5, 5.41) is 11.9. The van der Waals surface area contributed by atoms with E-state index < -0.39 is 17.9 Å². The standard InChI is InChI=1S/C13H10ClN3O3/c14-10-4-2-1-3-9(10)11(13(19)20)17-12(18)8-5-15-7-16-6-8/h1-7,11H,(H,17,18)(H,19,20)/t11-/m1/s1. The number of carboxylic acids is 1. The van der Waals surface area contributed by atoms with E-state index in [9.17, 15) is 14.7 Å². The number of carbonyl (C=O) groups excluding carboxylic acids is 1. The number of rotatable bonds is 4. The van der Waals surface area contributed by atoms with Crippen molar-refractivity contribution in [3.8, 4) is 0 Å². The second-order valence-corrected chi connectivity index (χ2v) is 4.30. The Morgan fingerprint density at radius 2 is 1.85 bits per heavy atom. The van der Waals surface area contributed by atoms with Gasteiger partial charge in [0.25, 0.3) is 5.91 Å². The van der Waals surface area contributed by atoms with Gasteiger partial charge in [0, 0.05) is 23.0 Å². The minimum Gasteiger partial charge on any atom is -0.479 e. The molecule has 0 spiro atoms. The highest BCUT2D eigenvalue weighted by atomic mass is 35.5. The lowest BCUT2D eigenvalue weighted by molar-refractivity contribution is -0.139. The van der Waals surface area contributed by atoms with Crippen molar-refractivity contribution in [3.05, 3.63) is 59.1 Å². The third-order valence-electron chi connectivity index (χ3n) is 2.56. The van der Waals surface area contributed by atoms with E-state index in [1.807, 2.05) is 0 Å². The van der Waals surface area contributed by atoms with Crippen LogP contribution in [0.25, 0.3) is 0 Å². The third kappa shape index (κ3) is 3.10. The maximum Gasteiger partial charge on any atom is 0.330 e. The molecule has 0 saturated carbocycles. The summed E-state index contributed by atoms with van der Waals surface area (Å²) in [6.07, 6.45) is 3.88. The summed E-state index contributed by atoms with van der Waals surface area (Å²) in [5.74, 6) is -1.79. The monoisotopic (exact) mass is 291 g/mol. The summed E-state index contributed by atoms with van der Waals surface area (Å²) >= 11 is 5.95. The Kier molecular flexibility index (Phi) is 4.27. The molecular formula is C13H10ClN3O3. The molecular weight excluding hydrogens is 282 g/mol. The number of amides is 1. The normalized spacial score (nSPS) is 11.7. The van der Waals surface area contributed by atoms with E-state index in [-0.39, 0.29) is 10.6 Å². The van der Waals surface area contributed by atoms with E-state index in [0.717, 1.165) is 0 Å². The van der Waals surface area contributed by atoms with Gasteiger partial charge in [0.05, 0.1) is 5.56 Å². The number of nitrogens with zero attached hydrogens (tertiary/aromatic N) is 2. The molecule has 0 aliphatic heterocycles. The number of aliphatic carboxylic acids is 1. The van der Waals surface area contributed by atoms with Crippen molar-refractivity contribution >= 4 is 23.5 Å². The highest BCUT2D eigenvalue weighted by molar-refractivity contribution is 6.31. The Hall–Kier alpha value is -2.47. The predicted molar refractivity (Wildman–Crippen MR) is 71.3 cm³/mol. The van der Waals surface area contributed by atoms with Gasteiger partial charge in [-0.2, -0.15) is 0 Å². The smallest absolute Gasteiger partial charge is 0.330 e. The molecule has 0 unspecified atom stereocenters. The lowest BCUT2D eigenvalue weighted by Gasteiger charge is -2.15. The largest absolute Gasteiger partial charge is 0.479 e. The van der Waals surface area contributed by atoms with Gasteiger partial charge in [-0.1, -0.05) is 29.8 Å². The van der Waals surface area contributed by atoms with Crippen molar-refractivity contribution < 1.29 is 14.7 Å². The van der Waals surface area contributed by atoms with Crippen molar-refractivity contribution in [2.45, 2.75) is 6.04 Å². The van der Waals surface area contributed by atoms with Gasteiger partial charge in [-0.05, 0) is 6.07 Å². The van der Waals surface area contributed by atoms with Crippen molar-refractivity contribution in [2.24, 2.45) is 0 Å². The van der Waals surface area contributed by atoms with Crippen LogP contribution < -0.4 is 5.32 Å². The van der Waals surface area contributed by atoms with E-state index in [1.165, 1.54) is 18.7 Å². The first-order valence-electron chi connectivity index (χ1n) is 5.62. The molecule has 0 saturated heterocycles. The molecule has 102 valence electrons. The van der Waals surface area contributed by atoms with Crippen LogP contribution in [-0.2, 0) is 4.79 Å². The fourth-order valence-corrected chi connectivity index (χ4v) is 1.86. The van der Waals surface area contributed by atoms with Crippen LogP contribution in [0.2, 0.25) is 5.02 Å². The first kappa shape index (κ1) is 14.0. The molecule has 0 radical (unpaired) electrons. The van der Waals surface area contributed by atoms with Gasteiger partial charge in [0.1, 0.15) is 6.33 Å². The number of nitrogens with one attached hydrogen (secondary N) is 1. The SMILES string of the molecule is O=C(N[C@@H](C(=O)O)c1ccccc1Cl)c1cncnc1. The number of benzene rings is 1. The molecule has 0 aliphatic rings. The van der Waals surface area contributed by atoms with Gasteiger partial charge in [-0.3, -0.25) is 4.79 Å². The van der Waals surface area contributed by atoms with Crippen LogP contribution in [0.15, 0.2) is 43.0 Å². The number of carboxylic acid groups (broad SMARTS) is 1. The Morgan fingerprint density at radius 1 is 1.20 bits per heavy atom. The summed E-state index contributed by atoms with van der Waals surface area (Å²) in [5.41, 5.74) is 0.484. The summed E-state index contributed by atoms with van der Waals surface area (Å²) in [6.45, 7) is 0. The van der Waals surface area contributed by atoms with Crippen LogP contribution in [0.5, 0.6) is 0 Å². The first-order chi connectivity index (χ1) is 9.59. The highest BCUT2D eigenvalue weighted by Crippen LogP contribution is 2.23. The molecule has 1 aromatic heterocycles. The molecule has 1 heterocycles. The van der Waals surface area contributed by atoms with Crippen molar-refractivity contribution in [1.29, 1.82) is 0 Å². The van der Waals surface area contributed by atoms with Crippen LogP contribution in [0, 0.1) is 0 Å². The van der Waals surface area contributed by atoms with Crippen LogP contribution in [0.4, 0.5) is 0 Å². The van der Waals surface area contributed by atoms with Crippen molar-refractivity contribution in [1.82, 2.24) is 15.3 Å². The van der Waals surface area contributed by atoms with Crippen LogP contribution in [0.1, 0.15) is 22.0 Å². The fourth-order valence-electron chi connectivity index (χ4n) is 1.61. The Morgan fingerprint density at radius 3 is 2.45 bits per heavy atom. The maximum absolute atomic E-state index is 11.9. The number of aromatic nitrogens is 2. The van der Waals surface area contributed by atoms with E-state index >= 15 is 0 Å². The predicted octanol–water partition coefficient (Wildman–Crippen LogP) is 1.69. The molecule has 6 nitrogen and oxygen atoms in total. The minimum absolute atomic E-state index is 0.172. The van der Waals surface area contributed by atoms with Gasteiger partial charge in [0.2, 0.25) is 0 Å². The zero-order chi connectivity index (χ0) is 14.5. The summed E-state index contributed by atoms with van der Waals surface area (Å²) < 4.78 is 0. The number of hydrogen-bond acceptors (Lipinski definition) is 4. The topological polar surface area (TPSA) is 92.2 Å². The highest BCUT2D eigenvalue weighted by Gasteiger charge is 2.24. The van der Waals surface area contributed by atoms with Crippen molar-refractivity contribution in [2.75, 3.05) is 0 Å². The Balaban J connectivity index is 2.26. The number of halogens is 1. The van der Waals surface area contributed by atoms with Gasteiger partial charge in [0.15, 0.2) is 6.04 Å². The molecule has 1 amide bonds. The first-order valence-corrected chi connectivity index (χ1v) is 6.00. The van der Waals surface area contributed by atoms with E-state index in [1.54, 1.807) is 24.3 Å².